The third-order valence-electron chi connectivity index (χ3n) is 2.92. The van der Waals surface area contributed by atoms with Crippen molar-refractivity contribution in [1.82, 2.24) is 0 Å². The van der Waals surface area contributed by atoms with Gasteiger partial charge in [0, 0.05) is 24.0 Å². The highest BCUT2D eigenvalue weighted by Gasteiger charge is 2.11. The Morgan fingerprint density at radius 2 is 1.86 bits per heavy atom. The second kappa shape index (κ2) is 8.09. The quantitative estimate of drug-likeness (QED) is 0.843. The molecule has 1 aromatic rings. The van der Waals surface area contributed by atoms with Crippen molar-refractivity contribution in [3.8, 4) is 0 Å². The summed E-state index contributed by atoms with van der Waals surface area (Å²) in [6.07, 6.45) is 2.29. The van der Waals surface area contributed by atoms with E-state index in [1.54, 1.807) is 45.2 Å². The topological polar surface area (TPSA) is 58.6 Å². The molecule has 0 bridgehead atoms. The average Bonchev–Trinajstić information content (AvgIpc) is 2.47. The maximum atomic E-state index is 11.9. The minimum Gasteiger partial charge on any atom is -0.449 e. The van der Waals surface area contributed by atoms with E-state index in [1.807, 2.05) is 13.0 Å². The molecule has 0 aliphatic heterocycles. The fraction of sp³-hybridized carbons (Fsp3) is 0.375. The van der Waals surface area contributed by atoms with Crippen LogP contribution in [0.5, 0.6) is 0 Å². The van der Waals surface area contributed by atoms with Crippen molar-refractivity contribution in [2.75, 3.05) is 23.9 Å². The molecule has 0 saturated heterocycles. The number of ether oxygens (including phenoxy) is 1. The van der Waals surface area contributed by atoms with Crippen LogP contribution in [0, 0.1) is 0 Å². The predicted octanol–water partition coefficient (Wildman–Crippen LogP) is 3.57. The summed E-state index contributed by atoms with van der Waals surface area (Å²) >= 11 is 0. The highest BCUT2D eigenvalue weighted by Crippen LogP contribution is 2.18. The monoisotopic (exact) mass is 290 g/mol. The molecule has 0 aliphatic carbocycles. The molecule has 5 nitrogen and oxygen atoms in total. The Morgan fingerprint density at radius 1 is 1.24 bits per heavy atom. The maximum Gasteiger partial charge on any atom is 0.413 e. The van der Waals surface area contributed by atoms with E-state index in [1.165, 1.54) is 4.90 Å². The molecule has 0 heterocycles. The summed E-state index contributed by atoms with van der Waals surface area (Å²) in [7, 11) is 1.64. The number of carbonyl (C=O) groups excluding carboxylic acids is 2. The molecule has 21 heavy (non-hydrogen) atoms. The fourth-order valence-corrected chi connectivity index (χ4v) is 1.72. The minimum absolute atomic E-state index is 0.122. The second-order valence-electron chi connectivity index (χ2n) is 4.55. The van der Waals surface area contributed by atoms with Gasteiger partial charge in [-0.15, -0.1) is 0 Å². The van der Waals surface area contributed by atoms with Crippen molar-refractivity contribution >= 4 is 23.4 Å². The van der Waals surface area contributed by atoms with Crippen molar-refractivity contribution in [2.45, 2.75) is 27.2 Å². The van der Waals surface area contributed by atoms with Crippen LogP contribution in [-0.4, -0.2) is 25.7 Å². The molecule has 0 fully saturated rings. The van der Waals surface area contributed by atoms with Gasteiger partial charge in [-0.25, -0.2) is 4.79 Å². The number of benzene rings is 1. The summed E-state index contributed by atoms with van der Waals surface area (Å²) in [5.74, 6) is -0.122. The molecular formula is C16H22N2O3. The number of nitrogens with zero attached hydrogens (tertiary/aromatic N) is 1. The first-order valence-electron chi connectivity index (χ1n) is 6.98. The van der Waals surface area contributed by atoms with Crippen molar-refractivity contribution in [3.63, 3.8) is 0 Å². The van der Waals surface area contributed by atoms with Gasteiger partial charge in [-0.1, -0.05) is 13.0 Å². The molecule has 0 atom stereocenters. The Bertz CT molecular complexity index is 521. The smallest absolute Gasteiger partial charge is 0.413 e. The zero-order valence-electron chi connectivity index (χ0n) is 13.0. The number of allylic oxidation sites excluding steroid dienone is 1. The molecule has 0 aliphatic rings. The lowest BCUT2D eigenvalue weighted by molar-refractivity contribution is -0.112. The molecule has 0 aromatic heterocycles. The van der Waals surface area contributed by atoms with Gasteiger partial charge in [-0.2, -0.15) is 0 Å². The first-order chi connectivity index (χ1) is 9.99. The van der Waals surface area contributed by atoms with E-state index in [0.717, 1.165) is 6.42 Å². The van der Waals surface area contributed by atoms with Gasteiger partial charge in [0.05, 0.1) is 6.61 Å². The number of nitrogens with one attached hydrogen (secondary N) is 1. The lowest BCUT2D eigenvalue weighted by Gasteiger charge is -2.17. The van der Waals surface area contributed by atoms with E-state index in [9.17, 15) is 9.59 Å². The number of amides is 2. The van der Waals surface area contributed by atoms with Gasteiger partial charge in [0.15, 0.2) is 0 Å². The number of hydrogen-bond donors (Lipinski definition) is 1. The van der Waals surface area contributed by atoms with Gasteiger partial charge in [0.2, 0.25) is 0 Å². The summed E-state index contributed by atoms with van der Waals surface area (Å²) in [6.45, 7) is 5.86. The van der Waals surface area contributed by atoms with Crippen LogP contribution in [0.2, 0.25) is 0 Å². The zero-order valence-corrected chi connectivity index (χ0v) is 13.0. The molecule has 0 unspecified atom stereocenters. The third kappa shape index (κ3) is 4.95. The molecular weight excluding hydrogens is 268 g/mol. The van der Waals surface area contributed by atoms with E-state index in [0.29, 0.717) is 23.6 Å². The van der Waals surface area contributed by atoms with Gasteiger partial charge in [-0.3, -0.25) is 9.69 Å². The van der Waals surface area contributed by atoms with Gasteiger partial charge >= 0.3 is 6.09 Å². The van der Waals surface area contributed by atoms with Crippen LogP contribution in [-0.2, 0) is 9.53 Å². The zero-order chi connectivity index (χ0) is 15.8. The molecule has 114 valence electrons. The van der Waals surface area contributed by atoms with Crippen LogP contribution in [0.25, 0.3) is 0 Å². The minimum atomic E-state index is -0.406. The maximum absolute atomic E-state index is 11.9. The van der Waals surface area contributed by atoms with Gasteiger partial charge < -0.3 is 10.1 Å². The molecule has 0 saturated carbocycles. The van der Waals surface area contributed by atoms with Crippen molar-refractivity contribution in [2.24, 2.45) is 0 Å². The predicted molar refractivity (Wildman–Crippen MR) is 84.5 cm³/mol. The lowest BCUT2D eigenvalue weighted by Crippen LogP contribution is -2.26. The summed E-state index contributed by atoms with van der Waals surface area (Å²) in [5, 5.41) is 2.81. The van der Waals surface area contributed by atoms with Crippen LogP contribution >= 0.6 is 0 Å². The van der Waals surface area contributed by atoms with Crippen LogP contribution in [0.15, 0.2) is 35.9 Å². The number of rotatable bonds is 5. The van der Waals surface area contributed by atoms with E-state index in [2.05, 4.69) is 5.32 Å². The SMILES string of the molecule is CC/C=C(\C)C(=O)Nc1ccc(N(C)C(=O)OCC)cc1. The van der Waals surface area contributed by atoms with Crippen LogP contribution in [0.4, 0.5) is 16.2 Å². The molecule has 0 spiro atoms. The number of carbonyl (C=O) groups is 2. The standard InChI is InChI=1S/C16H22N2O3/c1-5-7-12(3)15(19)17-13-8-10-14(11-9-13)18(4)16(20)21-6-2/h7-11H,5-6H2,1-4H3,(H,17,19)/b12-7+. The summed E-state index contributed by atoms with van der Waals surface area (Å²) in [6, 6.07) is 7.02. The van der Waals surface area contributed by atoms with Crippen LogP contribution in [0.1, 0.15) is 27.2 Å². The Labute approximate surface area is 125 Å². The highest BCUT2D eigenvalue weighted by atomic mass is 16.6. The van der Waals surface area contributed by atoms with E-state index >= 15 is 0 Å². The van der Waals surface area contributed by atoms with Gasteiger partial charge in [-0.05, 0) is 44.5 Å². The fourth-order valence-electron chi connectivity index (χ4n) is 1.72. The van der Waals surface area contributed by atoms with Crippen molar-refractivity contribution in [3.05, 3.63) is 35.9 Å². The largest absolute Gasteiger partial charge is 0.449 e. The first-order valence-corrected chi connectivity index (χ1v) is 6.98. The van der Waals surface area contributed by atoms with Gasteiger partial charge in [0.1, 0.15) is 0 Å². The Hall–Kier alpha value is -2.30. The molecule has 0 radical (unpaired) electrons. The van der Waals surface area contributed by atoms with E-state index in [-0.39, 0.29) is 5.91 Å². The third-order valence-corrected chi connectivity index (χ3v) is 2.92. The molecule has 1 rings (SSSR count). The number of anilines is 2. The van der Waals surface area contributed by atoms with Crippen LogP contribution in [0.3, 0.4) is 0 Å². The lowest BCUT2D eigenvalue weighted by atomic mass is 10.2. The van der Waals surface area contributed by atoms with E-state index in [4.69, 9.17) is 4.74 Å². The van der Waals surface area contributed by atoms with E-state index < -0.39 is 6.09 Å². The molecule has 1 aromatic carbocycles. The Kier molecular flexibility index (Phi) is 6.46. The summed E-state index contributed by atoms with van der Waals surface area (Å²) in [4.78, 5) is 24.9. The molecule has 1 N–H and O–H groups in total. The number of hydrogen-bond acceptors (Lipinski definition) is 3. The summed E-state index contributed by atoms with van der Waals surface area (Å²) in [5.41, 5.74) is 2.07. The van der Waals surface area contributed by atoms with Crippen LogP contribution < -0.4 is 10.2 Å². The highest BCUT2D eigenvalue weighted by molar-refractivity contribution is 6.03. The van der Waals surface area contributed by atoms with Crippen molar-refractivity contribution in [1.29, 1.82) is 0 Å². The molecule has 5 heteroatoms. The average molecular weight is 290 g/mol. The van der Waals surface area contributed by atoms with Gasteiger partial charge in [0.25, 0.3) is 5.91 Å². The summed E-state index contributed by atoms with van der Waals surface area (Å²) < 4.78 is 4.92. The molecule has 2 amide bonds. The Morgan fingerprint density at radius 3 is 2.38 bits per heavy atom. The Balaban J connectivity index is 2.72. The normalized spacial score (nSPS) is 11.0. The second-order valence-corrected chi connectivity index (χ2v) is 4.55. The first kappa shape index (κ1) is 16.8. The van der Waals surface area contributed by atoms with Crippen molar-refractivity contribution < 1.29 is 14.3 Å².